The van der Waals surface area contributed by atoms with E-state index in [9.17, 15) is 13.2 Å². The van der Waals surface area contributed by atoms with Crippen LogP contribution < -0.4 is 11.1 Å². The Labute approximate surface area is 65.9 Å². The summed E-state index contributed by atoms with van der Waals surface area (Å²) < 4.78 is 34.9. The van der Waals surface area contributed by atoms with Gasteiger partial charge in [-0.1, -0.05) is 0 Å². The van der Waals surface area contributed by atoms with Crippen molar-refractivity contribution in [3.63, 3.8) is 0 Å². The molecule has 0 unspecified atom stereocenters. The van der Waals surface area contributed by atoms with E-state index in [-0.39, 0.29) is 11.5 Å². The standard InChI is InChI=1S/C5H7F3N4/c6-5(7,8)2-10-3-1-11-12-4(3)9/h1,10H,2H2,(H3,9,11,12). The predicted octanol–water partition coefficient (Wildman–Crippen LogP) is 0.966. The van der Waals surface area contributed by atoms with Crippen molar-refractivity contribution in [2.45, 2.75) is 6.18 Å². The Morgan fingerprint density at radius 2 is 2.25 bits per heavy atom. The van der Waals surface area contributed by atoms with Crippen LogP contribution in [0.15, 0.2) is 6.20 Å². The van der Waals surface area contributed by atoms with Gasteiger partial charge in [-0.3, -0.25) is 5.10 Å². The van der Waals surface area contributed by atoms with E-state index in [1.54, 1.807) is 0 Å². The first-order valence-electron chi connectivity index (χ1n) is 3.08. The van der Waals surface area contributed by atoms with E-state index in [0.717, 1.165) is 0 Å². The third-order valence-electron chi connectivity index (χ3n) is 1.15. The smallest absolute Gasteiger partial charge is 0.382 e. The third-order valence-corrected chi connectivity index (χ3v) is 1.15. The average Bonchev–Trinajstić information content (AvgIpc) is 2.29. The van der Waals surface area contributed by atoms with Crippen LogP contribution in [0, 0.1) is 0 Å². The number of halogens is 3. The van der Waals surface area contributed by atoms with E-state index < -0.39 is 12.7 Å². The third kappa shape index (κ3) is 2.33. The number of aromatic nitrogens is 2. The summed E-state index contributed by atoms with van der Waals surface area (Å²) in [5.74, 6) is 0.0965. The molecule has 68 valence electrons. The molecule has 0 saturated carbocycles. The van der Waals surface area contributed by atoms with Gasteiger partial charge >= 0.3 is 6.18 Å². The van der Waals surface area contributed by atoms with Crippen molar-refractivity contribution in [1.29, 1.82) is 0 Å². The van der Waals surface area contributed by atoms with Gasteiger partial charge in [0.1, 0.15) is 12.4 Å². The fourth-order valence-electron chi connectivity index (χ4n) is 0.632. The average molecular weight is 180 g/mol. The number of H-pyrrole nitrogens is 1. The van der Waals surface area contributed by atoms with Gasteiger partial charge in [0.05, 0.1) is 11.9 Å². The minimum absolute atomic E-state index is 0.0965. The second-order valence-electron chi connectivity index (χ2n) is 2.17. The van der Waals surface area contributed by atoms with Crippen molar-refractivity contribution in [3.8, 4) is 0 Å². The zero-order chi connectivity index (χ0) is 9.19. The van der Waals surface area contributed by atoms with Crippen LogP contribution in [0.2, 0.25) is 0 Å². The molecule has 0 aromatic carbocycles. The van der Waals surface area contributed by atoms with Crippen molar-refractivity contribution in [1.82, 2.24) is 10.2 Å². The monoisotopic (exact) mass is 180 g/mol. The number of rotatable bonds is 2. The first-order chi connectivity index (χ1) is 5.49. The van der Waals surface area contributed by atoms with Gasteiger partial charge < -0.3 is 11.1 Å². The number of hydrogen-bond acceptors (Lipinski definition) is 3. The van der Waals surface area contributed by atoms with Crippen LogP contribution in [0.4, 0.5) is 24.7 Å². The van der Waals surface area contributed by atoms with Gasteiger partial charge in [0.2, 0.25) is 0 Å². The van der Waals surface area contributed by atoms with Gasteiger partial charge in [0.15, 0.2) is 0 Å². The maximum absolute atomic E-state index is 11.6. The lowest BCUT2D eigenvalue weighted by molar-refractivity contribution is -0.115. The largest absolute Gasteiger partial charge is 0.405 e. The van der Waals surface area contributed by atoms with Crippen LogP contribution in [0.25, 0.3) is 0 Å². The van der Waals surface area contributed by atoms with E-state index >= 15 is 0 Å². The second kappa shape index (κ2) is 2.92. The number of hydrogen-bond donors (Lipinski definition) is 3. The van der Waals surface area contributed by atoms with E-state index in [4.69, 9.17) is 5.73 Å². The highest BCUT2D eigenvalue weighted by Gasteiger charge is 2.26. The summed E-state index contributed by atoms with van der Waals surface area (Å²) in [6.07, 6.45) is -3.05. The fraction of sp³-hybridized carbons (Fsp3) is 0.400. The normalized spacial score (nSPS) is 11.6. The molecule has 0 saturated heterocycles. The number of nitrogens with zero attached hydrogens (tertiary/aromatic N) is 1. The Morgan fingerprint density at radius 1 is 1.58 bits per heavy atom. The first kappa shape index (κ1) is 8.69. The lowest BCUT2D eigenvalue weighted by atomic mass is 10.5. The SMILES string of the molecule is Nc1[nH]ncc1NCC(F)(F)F. The van der Waals surface area contributed by atoms with Crippen LogP contribution >= 0.6 is 0 Å². The van der Waals surface area contributed by atoms with Crippen molar-refractivity contribution >= 4 is 11.5 Å². The molecule has 0 aliphatic heterocycles. The molecule has 1 aromatic rings. The summed E-state index contributed by atoms with van der Waals surface area (Å²) in [7, 11) is 0. The number of alkyl halides is 3. The zero-order valence-corrected chi connectivity index (χ0v) is 5.94. The highest BCUT2D eigenvalue weighted by Crippen LogP contribution is 2.18. The molecule has 12 heavy (non-hydrogen) atoms. The number of nitrogens with one attached hydrogen (secondary N) is 2. The first-order valence-corrected chi connectivity index (χ1v) is 3.08. The molecule has 0 aliphatic carbocycles. The van der Waals surface area contributed by atoms with E-state index in [1.165, 1.54) is 6.20 Å². The molecule has 0 spiro atoms. The lowest BCUT2D eigenvalue weighted by Crippen LogP contribution is -2.21. The van der Waals surface area contributed by atoms with Gasteiger partial charge in [-0.05, 0) is 0 Å². The number of nitrogen functional groups attached to an aromatic ring is 1. The Bertz CT molecular complexity index is 253. The zero-order valence-electron chi connectivity index (χ0n) is 5.94. The van der Waals surface area contributed by atoms with Crippen LogP contribution in [0.5, 0.6) is 0 Å². The molecule has 1 heterocycles. The highest BCUT2D eigenvalue weighted by molar-refractivity contribution is 5.59. The Balaban J connectivity index is 2.49. The number of anilines is 2. The van der Waals surface area contributed by atoms with Crippen LogP contribution in [-0.2, 0) is 0 Å². The van der Waals surface area contributed by atoms with Crippen LogP contribution in [0.3, 0.4) is 0 Å². The quantitative estimate of drug-likeness (QED) is 0.635. The molecule has 0 bridgehead atoms. The van der Waals surface area contributed by atoms with E-state index in [0.29, 0.717) is 0 Å². The molecular weight excluding hydrogens is 173 g/mol. The molecule has 0 radical (unpaired) electrons. The molecule has 0 amide bonds. The summed E-state index contributed by atoms with van der Waals surface area (Å²) >= 11 is 0. The maximum atomic E-state index is 11.6. The van der Waals surface area contributed by atoms with Gasteiger partial charge in [-0.25, -0.2) is 0 Å². The summed E-state index contributed by atoms with van der Waals surface area (Å²) in [5.41, 5.74) is 5.38. The lowest BCUT2D eigenvalue weighted by Gasteiger charge is -2.07. The summed E-state index contributed by atoms with van der Waals surface area (Å²) in [6, 6.07) is 0. The van der Waals surface area contributed by atoms with E-state index in [1.807, 2.05) is 0 Å². The second-order valence-corrected chi connectivity index (χ2v) is 2.17. The van der Waals surface area contributed by atoms with Crippen molar-refractivity contribution in [2.24, 2.45) is 0 Å². The van der Waals surface area contributed by atoms with Crippen LogP contribution in [0.1, 0.15) is 0 Å². The topological polar surface area (TPSA) is 66.7 Å². The van der Waals surface area contributed by atoms with Crippen molar-refractivity contribution in [2.75, 3.05) is 17.6 Å². The summed E-state index contributed by atoms with van der Waals surface area (Å²) in [4.78, 5) is 0. The summed E-state index contributed by atoms with van der Waals surface area (Å²) in [6.45, 7) is -1.11. The Hall–Kier alpha value is -1.40. The predicted molar refractivity (Wildman–Crippen MR) is 37.5 cm³/mol. The van der Waals surface area contributed by atoms with Gasteiger partial charge in [-0.15, -0.1) is 0 Å². The van der Waals surface area contributed by atoms with Crippen LogP contribution in [-0.4, -0.2) is 22.9 Å². The van der Waals surface area contributed by atoms with Crippen molar-refractivity contribution in [3.05, 3.63) is 6.20 Å². The molecule has 0 atom stereocenters. The Morgan fingerprint density at radius 3 is 2.67 bits per heavy atom. The molecule has 0 fully saturated rings. The van der Waals surface area contributed by atoms with Gasteiger partial charge in [-0.2, -0.15) is 18.3 Å². The Kier molecular flexibility index (Phi) is 2.11. The molecule has 4 N–H and O–H groups in total. The van der Waals surface area contributed by atoms with Gasteiger partial charge in [0, 0.05) is 0 Å². The minimum Gasteiger partial charge on any atom is -0.382 e. The number of aromatic amines is 1. The summed E-state index contributed by atoms with van der Waals surface area (Å²) in [5, 5.41) is 7.83. The fourth-order valence-corrected chi connectivity index (χ4v) is 0.632. The highest BCUT2D eigenvalue weighted by atomic mass is 19.4. The maximum Gasteiger partial charge on any atom is 0.405 e. The molecule has 1 aromatic heterocycles. The molecule has 7 heteroatoms. The van der Waals surface area contributed by atoms with Gasteiger partial charge in [0.25, 0.3) is 0 Å². The molecule has 4 nitrogen and oxygen atoms in total. The molecule has 0 aliphatic rings. The van der Waals surface area contributed by atoms with E-state index in [2.05, 4.69) is 15.5 Å². The molecular formula is C5H7F3N4. The van der Waals surface area contributed by atoms with Crippen molar-refractivity contribution < 1.29 is 13.2 Å². The number of nitrogens with two attached hydrogens (primary N) is 1. The minimum atomic E-state index is -4.25. The molecule has 1 rings (SSSR count).